The van der Waals surface area contributed by atoms with Gasteiger partial charge in [0.15, 0.2) is 0 Å². The fourth-order valence-electron chi connectivity index (χ4n) is 3.15. The normalized spacial score (nSPS) is 11.1. The van der Waals surface area contributed by atoms with Crippen LogP contribution in [0, 0.1) is 25.5 Å². The van der Waals surface area contributed by atoms with Crippen LogP contribution in [0.15, 0.2) is 54.6 Å². The number of anilines is 2. The highest BCUT2D eigenvalue weighted by atomic mass is 35.5. The van der Waals surface area contributed by atoms with Crippen molar-refractivity contribution in [3.63, 3.8) is 0 Å². The van der Waals surface area contributed by atoms with E-state index in [-0.39, 0.29) is 5.56 Å². The summed E-state index contributed by atoms with van der Waals surface area (Å²) in [5.74, 6) is -0.729. The number of pyridine rings is 1. The van der Waals surface area contributed by atoms with E-state index in [1.807, 2.05) is 48.6 Å². The molecule has 3 nitrogen and oxygen atoms in total. The van der Waals surface area contributed by atoms with E-state index in [0.717, 1.165) is 17.3 Å². The van der Waals surface area contributed by atoms with Crippen molar-refractivity contribution in [1.82, 2.24) is 9.38 Å². The van der Waals surface area contributed by atoms with Crippen LogP contribution in [-0.2, 0) is 0 Å². The first-order chi connectivity index (χ1) is 13.0. The number of para-hydroxylation sites is 1. The van der Waals surface area contributed by atoms with Crippen LogP contribution in [0.3, 0.4) is 0 Å². The molecule has 27 heavy (non-hydrogen) atoms. The molecular weight excluding hydrogens is 368 g/mol. The van der Waals surface area contributed by atoms with Crippen molar-refractivity contribution < 1.29 is 8.78 Å². The van der Waals surface area contributed by atoms with E-state index in [9.17, 15) is 8.78 Å². The lowest BCUT2D eigenvalue weighted by Crippen LogP contribution is -2.02. The number of hydrogen-bond donors (Lipinski definition) is 1. The molecular formula is C21H16ClF2N3. The Hall–Kier alpha value is -2.92. The quantitative estimate of drug-likeness (QED) is 0.450. The van der Waals surface area contributed by atoms with E-state index in [0.29, 0.717) is 27.9 Å². The third kappa shape index (κ3) is 3.04. The summed E-state index contributed by atoms with van der Waals surface area (Å²) in [6, 6.07) is 14.7. The third-order valence-electron chi connectivity index (χ3n) is 4.49. The molecule has 4 aromatic rings. The van der Waals surface area contributed by atoms with E-state index in [2.05, 4.69) is 10.3 Å². The number of rotatable bonds is 3. The summed E-state index contributed by atoms with van der Waals surface area (Å²) in [4.78, 5) is 4.58. The number of hydrogen-bond acceptors (Lipinski definition) is 2. The Labute approximate surface area is 160 Å². The fourth-order valence-corrected chi connectivity index (χ4v) is 3.42. The monoisotopic (exact) mass is 383 g/mol. The first kappa shape index (κ1) is 17.5. The van der Waals surface area contributed by atoms with Gasteiger partial charge in [0.2, 0.25) is 0 Å². The Morgan fingerprint density at radius 3 is 2.52 bits per heavy atom. The van der Waals surface area contributed by atoms with Crippen LogP contribution in [0.1, 0.15) is 11.3 Å². The van der Waals surface area contributed by atoms with Crippen molar-refractivity contribution in [3.05, 3.63) is 82.5 Å². The second-order valence-corrected chi connectivity index (χ2v) is 6.76. The summed E-state index contributed by atoms with van der Waals surface area (Å²) in [7, 11) is 0. The highest BCUT2D eigenvalue weighted by Gasteiger charge is 2.20. The van der Waals surface area contributed by atoms with Gasteiger partial charge in [0.25, 0.3) is 0 Å². The molecule has 0 radical (unpaired) electrons. The van der Waals surface area contributed by atoms with Gasteiger partial charge >= 0.3 is 0 Å². The zero-order valence-electron chi connectivity index (χ0n) is 14.7. The molecule has 2 heterocycles. The zero-order chi connectivity index (χ0) is 19.1. The van der Waals surface area contributed by atoms with Gasteiger partial charge in [-0.3, -0.25) is 4.40 Å². The van der Waals surface area contributed by atoms with Crippen LogP contribution in [0.5, 0.6) is 0 Å². The molecule has 1 N–H and O–H groups in total. The van der Waals surface area contributed by atoms with Gasteiger partial charge in [-0.1, -0.05) is 29.8 Å². The Morgan fingerprint density at radius 2 is 1.78 bits per heavy atom. The Morgan fingerprint density at radius 1 is 1.00 bits per heavy atom. The first-order valence-electron chi connectivity index (χ1n) is 8.41. The van der Waals surface area contributed by atoms with E-state index in [1.54, 1.807) is 6.07 Å². The minimum Gasteiger partial charge on any atom is -0.338 e. The lowest BCUT2D eigenvalue weighted by Gasteiger charge is -2.14. The van der Waals surface area contributed by atoms with Crippen LogP contribution < -0.4 is 5.32 Å². The first-order valence-corrected chi connectivity index (χ1v) is 8.79. The van der Waals surface area contributed by atoms with Crippen molar-refractivity contribution in [2.24, 2.45) is 0 Å². The van der Waals surface area contributed by atoms with Gasteiger partial charge < -0.3 is 5.32 Å². The molecule has 4 rings (SSSR count). The van der Waals surface area contributed by atoms with Gasteiger partial charge in [0.05, 0.1) is 10.7 Å². The third-order valence-corrected chi connectivity index (χ3v) is 4.81. The smallest absolute Gasteiger partial charge is 0.143 e. The van der Waals surface area contributed by atoms with E-state index < -0.39 is 11.6 Å². The molecule has 0 bridgehead atoms. The average Bonchev–Trinajstić information content (AvgIpc) is 2.98. The predicted molar refractivity (Wildman–Crippen MR) is 105 cm³/mol. The lowest BCUT2D eigenvalue weighted by molar-refractivity contribution is 0.585. The van der Waals surface area contributed by atoms with Gasteiger partial charge in [0, 0.05) is 17.3 Å². The Bertz CT molecular complexity index is 1150. The molecule has 136 valence electrons. The van der Waals surface area contributed by atoms with Crippen LogP contribution in [0.25, 0.3) is 16.9 Å². The number of benzene rings is 2. The molecule has 0 unspecified atom stereocenters. The fraction of sp³-hybridized carbons (Fsp3) is 0.0952. The molecule has 0 fully saturated rings. The van der Waals surface area contributed by atoms with Gasteiger partial charge in [-0.05, 0) is 49.7 Å². The maximum atomic E-state index is 14.5. The minimum atomic E-state index is -0.671. The second-order valence-electron chi connectivity index (χ2n) is 6.35. The van der Waals surface area contributed by atoms with Crippen molar-refractivity contribution in [1.29, 1.82) is 0 Å². The summed E-state index contributed by atoms with van der Waals surface area (Å²) < 4.78 is 29.8. The molecule has 0 saturated carbocycles. The number of aromatic nitrogens is 2. The van der Waals surface area contributed by atoms with Gasteiger partial charge in [-0.15, -0.1) is 0 Å². The molecule has 6 heteroatoms. The molecule has 0 atom stereocenters. The zero-order valence-corrected chi connectivity index (χ0v) is 15.5. The van der Waals surface area contributed by atoms with Crippen LogP contribution in [0.4, 0.5) is 20.3 Å². The molecule has 0 aliphatic heterocycles. The Balaban J connectivity index is 2.00. The van der Waals surface area contributed by atoms with Crippen LogP contribution in [-0.4, -0.2) is 9.38 Å². The van der Waals surface area contributed by atoms with Gasteiger partial charge in [-0.2, -0.15) is 0 Å². The van der Waals surface area contributed by atoms with Gasteiger partial charge in [-0.25, -0.2) is 13.8 Å². The largest absolute Gasteiger partial charge is 0.338 e. The molecule has 0 amide bonds. The topological polar surface area (TPSA) is 29.3 Å². The van der Waals surface area contributed by atoms with Crippen LogP contribution >= 0.6 is 11.6 Å². The summed E-state index contributed by atoms with van der Waals surface area (Å²) >= 11 is 6.37. The maximum absolute atomic E-state index is 14.5. The van der Waals surface area contributed by atoms with Crippen molar-refractivity contribution >= 4 is 28.8 Å². The van der Waals surface area contributed by atoms with E-state index in [1.165, 1.54) is 12.1 Å². The molecule has 0 saturated heterocycles. The number of aryl methyl sites for hydroxylation is 2. The number of imidazole rings is 1. The molecule has 2 aromatic carbocycles. The number of nitrogens with one attached hydrogen (secondary N) is 1. The number of halogens is 3. The van der Waals surface area contributed by atoms with Crippen molar-refractivity contribution in [3.8, 4) is 11.3 Å². The Kier molecular flexibility index (Phi) is 4.32. The molecule has 0 spiro atoms. The van der Waals surface area contributed by atoms with Crippen molar-refractivity contribution in [2.75, 3.05) is 5.32 Å². The highest BCUT2D eigenvalue weighted by Crippen LogP contribution is 2.36. The average molecular weight is 384 g/mol. The summed E-state index contributed by atoms with van der Waals surface area (Å²) in [5.41, 5.74) is 3.83. The number of nitrogens with zero attached hydrogens (tertiary/aromatic N) is 2. The SMILES string of the molecule is Cc1cccc(Cl)c1Nc1c(-c2ccc(F)cc2F)nc2cccc(C)n12. The standard InChI is InChI=1S/C21H16ClF2N3/c1-12-5-3-7-16(22)19(12)26-21-20(15-10-9-14(23)11-17(15)24)25-18-8-4-6-13(2)27(18)21/h3-11,26H,1-2H3. The summed E-state index contributed by atoms with van der Waals surface area (Å²) in [6.45, 7) is 3.87. The highest BCUT2D eigenvalue weighted by molar-refractivity contribution is 6.33. The molecule has 0 aliphatic carbocycles. The summed E-state index contributed by atoms with van der Waals surface area (Å²) in [6.07, 6.45) is 0. The minimum absolute atomic E-state index is 0.215. The van der Waals surface area contributed by atoms with E-state index >= 15 is 0 Å². The van der Waals surface area contributed by atoms with Gasteiger partial charge in [0.1, 0.15) is 28.8 Å². The number of fused-ring (bicyclic) bond motifs is 1. The second kappa shape index (κ2) is 6.67. The molecule has 2 aromatic heterocycles. The lowest BCUT2D eigenvalue weighted by atomic mass is 10.1. The predicted octanol–water partition coefficient (Wildman–Crippen LogP) is 6.29. The summed E-state index contributed by atoms with van der Waals surface area (Å²) in [5, 5.41) is 3.87. The van der Waals surface area contributed by atoms with E-state index in [4.69, 9.17) is 11.6 Å². The van der Waals surface area contributed by atoms with Crippen molar-refractivity contribution in [2.45, 2.75) is 13.8 Å². The maximum Gasteiger partial charge on any atom is 0.143 e. The molecule has 0 aliphatic rings. The van der Waals surface area contributed by atoms with Crippen LogP contribution in [0.2, 0.25) is 5.02 Å².